The lowest BCUT2D eigenvalue weighted by Crippen LogP contribution is -2.22. The van der Waals surface area contributed by atoms with Gasteiger partial charge in [-0.15, -0.1) is 0 Å². The van der Waals surface area contributed by atoms with Gasteiger partial charge in [0.2, 0.25) is 0 Å². The predicted octanol–water partition coefficient (Wildman–Crippen LogP) is 5.33. The molecule has 0 radical (unpaired) electrons. The molecule has 0 spiro atoms. The molecule has 4 aromatic rings. The molecule has 9 nitrogen and oxygen atoms in total. The van der Waals surface area contributed by atoms with Crippen LogP contribution < -0.4 is 4.90 Å². The fourth-order valence-electron chi connectivity index (χ4n) is 4.37. The van der Waals surface area contributed by atoms with E-state index in [-0.39, 0.29) is 30.2 Å². The summed E-state index contributed by atoms with van der Waals surface area (Å²) in [5, 5.41) is 7.83. The number of fused-ring (bicyclic) bond motifs is 3. The zero-order valence-electron chi connectivity index (χ0n) is 19.4. The van der Waals surface area contributed by atoms with Gasteiger partial charge < -0.3 is 23.7 Å². The number of aromatic nitrogens is 2. The van der Waals surface area contributed by atoms with E-state index in [4.69, 9.17) is 18.8 Å². The summed E-state index contributed by atoms with van der Waals surface area (Å²) < 4.78 is 68.4. The Bertz CT molecular complexity index is 1480. The number of aryl methyl sites for hydroxylation is 1. The van der Waals surface area contributed by atoms with Crippen LogP contribution >= 0.6 is 7.82 Å². The first-order valence-corrected chi connectivity index (χ1v) is 12.7. The molecule has 194 valence electrons. The lowest BCUT2D eigenvalue weighted by atomic mass is 9.88. The summed E-state index contributed by atoms with van der Waals surface area (Å²) in [5.74, 6) is -0.463. The minimum Gasteiger partial charge on any atom is -0.372 e. The van der Waals surface area contributed by atoms with Gasteiger partial charge >= 0.3 is 14.0 Å². The Kier molecular flexibility index (Phi) is 6.45. The molecule has 0 saturated carbocycles. The number of likely N-dealkylation sites (N-methyl/N-ethyl adjacent to an activating group) is 1. The monoisotopic (exact) mass is 535 g/mol. The third-order valence-electron chi connectivity index (χ3n) is 6.13. The fraction of sp³-hybridized carbons (Fsp3) is 0.250. The molecule has 37 heavy (non-hydrogen) atoms. The Morgan fingerprint density at radius 3 is 2.43 bits per heavy atom. The summed E-state index contributed by atoms with van der Waals surface area (Å²) in [7, 11) is -2.80. The van der Waals surface area contributed by atoms with Crippen molar-refractivity contribution >= 4 is 13.5 Å². The van der Waals surface area contributed by atoms with Gasteiger partial charge in [0.15, 0.2) is 17.2 Å². The molecule has 2 aromatic heterocycles. The van der Waals surface area contributed by atoms with E-state index in [1.54, 1.807) is 42.3 Å². The summed E-state index contributed by atoms with van der Waals surface area (Å²) in [6.45, 7) is 0.0677. The molecular formula is C24H21F3N3O6P. The Balaban J connectivity index is 1.47. The van der Waals surface area contributed by atoms with Crippen LogP contribution in [0, 0.1) is 0 Å². The van der Waals surface area contributed by atoms with E-state index in [0.29, 0.717) is 24.1 Å². The first-order valence-electron chi connectivity index (χ1n) is 11.2. The molecule has 13 heteroatoms. The van der Waals surface area contributed by atoms with Crippen LogP contribution in [0.2, 0.25) is 0 Å². The molecule has 2 heterocycles. The van der Waals surface area contributed by atoms with Crippen molar-refractivity contribution in [2.45, 2.75) is 19.0 Å². The molecule has 0 fully saturated rings. The summed E-state index contributed by atoms with van der Waals surface area (Å²) in [5.41, 5.74) is 2.16. The third-order valence-corrected chi connectivity index (χ3v) is 6.65. The molecule has 0 unspecified atom stereocenters. The molecule has 2 aromatic carbocycles. The van der Waals surface area contributed by atoms with Crippen LogP contribution in [0.3, 0.4) is 0 Å². The number of benzene rings is 2. The Morgan fingerprint density at radius 1 is 1.03 bits per heavy atom. The number of rotatable bonds is 7. The highest BCUT2D eigenvalue weighted by Crippen LogP contribution is 2.46. The van der Waals surface area contributed by atoms with Crippen molar-refractivity contribution in [3.63, 3.8) is 0 Å². The van der Waals surface area contributed by atoms with Crippen LogP contribution in [0.15, 0.2) is 57.6 Å². The Hall–Kier alpha value is -3.44. The number of hydrogen-bond acceptors (Lipinski definition) is 7. The maximum atomic E-state index is 14.1. The highest BCUT2D eigenvalue weighted by Gasteiger charge is 2.43. The smallest absolute Gasteiger partial charge is 0.372 e. The van der Waals surface area contributed by atoms with E-state index in [1.807, 2.05) is 6.07 Å². The lowest BCUT2D eigenvalue weighted by Gasteiger charge is -2.22. The number of alkyl halides is 3. The first-order chi connectivity index (χ1) is 17.5. The second kappa shape index (κ2) is 9.46. The van der Waals surface area contributed by atoms with Gasteiger partial charge in [-0.3, -0.25) is 4.52 Å². The number of halogens is 3. The van der Waals surface area contributed by atoms with Crippen LogP contribution in [0.25, 0.3) is 34.0 Å². The van der Waals surface area contributed by atoms with Crippen molar-refractivity contribution in [1.82, 2.24) is 10.3 Å². The molecule has 0 bridgehead atoms. The van der Waals surface area contributed by atoms with Crippen molar-refractivity contribution in [1.29, 1.82) is 0 Å². The Labute approximate surface area is 208 Å². The average molecular weight is 535 g/mol. The van der Waals surface area contributed by atoms with Crippen LogP contribution in [0.1, 0.15) is 16.7 Å². The molecule has 2 N–H and O–H groups in total. The summed E-state index contributed by atoms with van der Waals surface area (Å²) in [6.07, 6.45) is -3.85. The fourth-order valence-corrected chi connectivity index (χ4v) is 4.69. The van der Waals surface area contributed by atoms with Crippen molar-refractivity contribution < 1.29 is 41.1 Å². The molecule has 5 rings (SSSR count). The predicted molar refractivity (Wildman–Crippen MR) is 127 cm³/mol. The average Bonchev–Trinajstić information content (AvgIpc) is 3.48. The molecule has 0 amide bonds. The maximum Gasteiger partial charge on any atom is 0.469 e. The number of hydrogen-bond donors (Lipinski definition) is 2. The van der Waals surface area contributed by atoms with Crippen molar-refractivity contribution in [2.24, 2.45) is 0 Å². The third kappa shape index (κ3) is 5.05. The molecule has 1 aliphatic rings. The van der Waals surface area contributed by atoms with Crippen molar-refractivity contribution in [3.8, 4) is 34.0 Å². The first kappa shape index (κ1) is 25.2. The molecule has 0 saturated heterocycles. The topological polar surface area (TPSA) is 122 Å². The quantitative estimate of drug-likeness (QED) is 0.303. The van der Waals surface area contributed by atoms with Gasteiger partial charge in [0.1, 0.15) is 11.3 Å². The summed E-state index contributed by atoms with van der Waals surface area (Å²) in [6, 6.07) is 13.4. The van der Waals surface area contributed by atoms with Gasteiger partial charge in [0.05, 0.1) is 6.61 Å². The number of anilines is 1. The minimum absolute atomic E-state index is 0.0744. The molecule has 1 aliphatic carbocycles. The molecule has 0 aliphatic heterocycles. The Morgan fingerprint density at radius 2 is 1.73 bits per heavy atom. The zero-order valence-corrected chi connectivity index (χ0v) is 20.3. The highest BCUT2D eigenvalue weighted by atomic mass is 31.2. The van der Waals surface area contributed by atoms with Gasteiger partial charge in [-0.2, -0.15) is 13.2 Å². The largest absolute Gasteiger partial charge is 0.469 e. The zero-order chi connectivity index (χ0) is 26.4. The molecule has 0 atom stereocenters. The van der Waals surface area contributed by atoms with E-state index >= 15 is 0 Å². The van der Waals surface area contributed by atoms with Crippen molar-refractivity contribution in [2.75, 3.05) is 25.1 Å². The van der Waals surface area contributed by atoms with Crippen LogP contribution in [0.4, 0.5) is 18.9 Å². The van der Waals surface area contributed by atoms with E-state index in [9.17, 15) is 17.7 Å². The van der Waals surface area contributed by atoms with Gasteiger partial charge in [-0.05, 0) is 30.5 Å². The highest BCUT2D eigenvalue weighted by molar-refractivity contribution is 7.46. The SMILES string of the molecule is CN(CCOP(=O)(O)O)c1ccc2c(c1)CCc1c-2noc1-c1noc(-c2ccccc2)c1C(F)(F)F. The maximum absolute atomic E-state index is 14.1. The van der Waals surface area contributed by atoms with Crippen molar-refractivity contribution in [3.05, 3.63) is 65.2 Å². The number of nitrogens with zero attached hydrogens (tertiary/aromatic N) is 3. The standard InChI is InChI=1S/C24H21F3N3O6P/c1-30(11-12-34-37(31,32)33)16-8-10-17-15(13-16)7-9-18-20(17)28-36-23(18)21-19(24(25,26)27)22(35-29-21)14-5-3-2-4-6-14/h2-6,8,10,13H,7,9,11-12H2,1H3,(H2,31,32,33). The van der Waals surface area contributed by atoms with E-state index < -0.39 is 25.3 Å². The minimum atomic E-state index is -4.74. The van der Waals surface area contributed by atoms with Crippen LogP contribution in [0.5, 0.6) is 0 Å². The van der Waals surface area contributed by atoms with Crippen LogP contribution in [-0.2, 0) is 28.1 Å². The lowest BCUT2D eigenvalue weighted by molar-refractivity contribution is -0.136. The van der Waals surface area contributed by atoms with E-state index in [0.717, 1.165) is 16.8 Å². The van der Waals surface area contributed by atoms with E-state index in [2.05, 4.69) is 14.8 Å². The molecular weight excluding hydrogens is 514 g/mol. The second-order valence-corrected chi connectivity index (χ2v) is 9.76. The number of phosphoric ester groups is 1. The van der Waals surface area contributed by atoms with Gasteiger partial charge in [-0.1, -0.05) is 46.7 Å². The second-order valence-electron chi connectivity index (χ2n) is 8.52. The van der Waals surface area contributed by atoms with Gasteiger partial charge in [0, 0.05) is 36.0 Å². The van der Waals surface area contributed by atoms with Crippen LogP contribution in [-0.4, -0.2) is 40.3 Å². The summed E-state index contributed by atoms with van der Waals surface area (Å²) in [4.78, 5) is 19.5. The summed E-state index contributed by atoms with van der Waals surface area (Å²) >= 11 is 0. The van der Waals surface area contributed by atoms with Gasteiger partial charge in [-0.25, -0.2) is 4.57 Å². The van der Waals surface area contributed by atoms with Gasteiger partial charge in [0.25, 0.3) is 0 Å². The van der Waals surface area contributed by atoms with E-state index in [1.165, 1.54) is 12.1 Å². The number of phosphoric acid groups is 1. The normalized spacial score (nSPS) is 13.4.